The van der Waals surface area contributed by atoms with Crippen LogP contribution < -0.4 is 9.47 Å². The molecule has 3 heterocycles. The second-order valence-corrected chi connectivity index (χ2v) is 8.55. The van der Waals surface area contributed by atoms with Crippen LogP contribution in [-0.4, -0.2) is 24.1 Å². The number of aryl methyl sites for hydroxylation is 1. The minimum Gasteiger partial charge on any atom is -0.454 e. The number of aliphatic imine (C=N–C) groups is 1. The third-order valence-corrected chi connectivity index (χ3v) is 6.24. The van der Waals surface area contributed by atoms with Crippen LogP contribution in [0, 0.1) is 0 Å². The zero-order valence-corrected chi connectivity index (χ0v) is 18.8. The molecule has 2 aliphatic heterocycles. The molecule has 0 amide bonds. The molecule has 6 heteroatoms. The molecule has 4 aromatic rings. The van der Waals surface area contributed by atoms with Crippen molar-refractivity contribution in [2.24, 2.45) is 4.99 Å². The van der Waals surface area contributed by atoms with Crippen molar-refractivity contribution in [3.05, 3.63) is 113 Å². The van der Waals surface area contributed by atoms with Crippen molar-refractivity contribution in [2.45, 2.75) is 19.3 Å². The molecule has 0 N–H and O–H groups in total. The maximum Gasteiger partial charge on any atom is 0.231 e. The van der Waals surface area contributed by atoms with Crippen LogP contribution in [0.5, 0.6) is 11.5 Å². The third kappa shape index (κ3) is 4.15. The molecule has 0 bridgehead atoms. The summed E-state index contributed by atoms with van der Waals surface area (Å²) in [7, 11) is 0. The van der Waals surface area contributed by atoms with Crippen LogP contribution in [0.1, 0.15) is 49.8 Å². The van der Waals surface area contributed by atoms with E-state index < -0.39 is 0 Å². The van der Waals surface area contributed by atoms with Crippen molar-refractivity contribution in [1.82, 2.24) is 0 Å². The van der Waals surface area contributed by atoms with Gasteiger partial charge in [0.1, 0.15) is 5.76 Å². The van der Waals surface area contributed by atoms with Gasteiger partial charge in [0, 0.05) is 24.0 Å². The summed E-state index contributed by atoms with van der Waals surface area (Å²) in [5.41, 5.74) is 4.78. The van der Waals surface area contributed by atoms with Crippen molar-refractivity contribution < 1.29 is 23.5 Å². The van der Waals surface area contributed by atoms with E-state index in [2.05, 4.69) is 0 Å². The number of fused-ring (bicyclic) bond motifs is 2. The van der Waals surface area contributed by atoms with E-state index in [0.717, 1.165) is 28.3 Å². The van der Waals surface area contributed by atoms with E-state index in [-0.39, 0.29) is 18.4 Å². The average molecular weight is 463 g/mol. The molecule has 0 saturated heterocycles. The minimum absolute atomic E-state index is 0.0367. The van der Waals surface area contributed by atoms with Crippen molar-refractivity contribution in [3.63, 3.8) is 0 Å². The summed E-state index contributed by atoms with van der Waals surface area (Å²) in [6.45, 7) is 0.227. The van der Waals surface area contributed by atoms with Crippen LogP contribution in [0.25, 0.3) is 0 Å². The summed E-state index contributed by atoms with van der Waals surface area (Å²) in [5, 5.41) is 0. The summed E-state index contributed by atoms with van der Waals surface area (Å²) in [5.74, 6) is 2.22. The Morgan fingerprint density at radius 3 is 2.57 bits per heavy atom. The van der Waals surface area contributed by atoms with E-state index in [1.54, 1.807) is 24.3 Å². The maximum atomic E-state index is 12.8. The number of carbonyl (C=O) groups excluding carboxylic acids is 2. The van der Waals surface area contributed by atoms with Gasteiger partial charge in [-0.2, -0.15) is 0 Å². The van der Waals surface area contributed by atoms with Gasteiger partial charge in [-0.15, -0.1) is 0 Å². The number of furan rings is 1. The van der Waals surface area contributed by atoms with Crippen molar-refractivity contribution in [3.8, 4) is 11.5 Å². The van der Waals surface area contributed by atoms with Crippen LogP contribution in [0.3, 0.4) is 0 Å². The third-order valence-electron chi connectivity index (χ3n) is 6.24. The molecule has 1 aromatic heterocycles. The summed E-state index contributed by atoms with van der Waals surface area (Å²) in [4.78, 5) is 30.2. The molecule has 0 aliphatic carbocycles. The molecule has 2 aliphatic rings. The molecular weight excluding hydrogens is 442 g/mol. The monoisotopic (exact) mass is 463 g/mol. The summed E-state index contributed by atoms with van der Waals surface area (Å²) in [6, 6.07) is 24.0. The number of benzene rings is 3. The molecule has 6 rings (SSSR count). The summed E-state index contributed by atoms with van der Waals surface area (Å²) in [6.07, 6.45) is 1.49. The number of hydrogen-bond donors (Lipinski definition) is 0. The zero-order valence-electron chi connectivity index (χ0n) is 18.8. The molecule has 6 nitrogen and oxygen atoms in total. The van der Waals surface area contributed by atoms with Gasteiger partial charge in [-0.3, -0.25) is 9.59 Å². The number of ether oxygens (including phenoxy) is 2. The summed E-state index contributed by atoms with van der Waals surface area (Å²) < 4.78 is 16.6. The number of hydrogen-bond acceptors (Lipinski definition) is 6. The molecule has 0 unspecified atom stereocenters. The number of Topliss-reactive ketones (excluding diaryl/α,β-unsaturated/α-hetero) is 1. The lowest BCUT2D eigenvalue weighted by Crippen LogP contribution is -2.02. The van der Waals surface area contributed by atoms with Gasteiger partial charge in [-0.25, -0.2) is 4.99 Å². The molecule has 0 radical (unpaired) electrons. The smallest absolute Gasteiger partial charge is 0.231 e. The van der Waals surface area contributed by atoms with Crippen LogP contribution in [0.2, 0.25) is 0 Å². The predicted octanol–water partition coefficient (Wildman–Crippen LogP) is 5.73. The van der Waals surface area contributed by atoms with Crippen molar-refractivity contribution in [2.75, 3.05) is 6.79 Å². The quantitative estimate of drug-likeness (QED) is 0.327. The zero-order chi connectivity index (χ0) is 23.8. The van der Waals surface area contributed by atoms with Gasteiger partial charge in [0.2, 0.25) is 6.79 Å². The number of carbonyl (C=O) groups is 2. The van der Waals surface area contributed by atoms with E-state index >= 15 is 0 Å². The molecule has 3 aromatic carbocycles. The van der Waals surface area contributed by atoms with Gasteiger partial charge >= 0.3 is 0 Å². The Hall–Kier alpha value is -4.45. The van der Waals surface area contributed by atoms with E-state index in [1.807, 2.05) is 54.6 Å². The lowest BCUT2D eigenvalue weighted by molar-refractivity contribution is 0.0955. The highest BCUT2D eigenvalue weighted by Crippen LogP contribution is 2.33. The Kier molecular flexibility index (Phi) is 5.26. The fourth-order valence-electron chi connectivity index (χ4n) is 4.34. The second-order valence-electron chi connectivity index (χ2n) is 8.55. The molecular formula is C29H21NO5. The first-order chi connectivity index (χ1) is 17.1. The van der Waals surface area contributed by atoms with Gasteiger partial charge in [-0.05, 0) is 47.9 Å². The Balaban J connectivity index is 1.14. The van der Waals surface area contributed by atoms with Gasteiger partial charge in [0.05, 0.1) is 11.4 Å². The maximum absolute atomic E-state index is 12.8. The van der Waals surface area contributed by atoms with Crippen LogP contribution in [0.4, 0.5) is 5.69 Å². The highest BCUT2D eigenvalue weighted by Gasteiger charge is 2.22. The number of ketones is 2. The molecule has 0 spiro atoms. The van der Waals surface area contributed by atoms with Crippen LogP contribution >= 0.6 is 0 Å². The second kappa shape index (κ2) is 8.72. The average Bonchev–Trinajstić information content (AvgIpc) is 3.65. The lowest BCUT2D eigenvalue weighted by atomic mass is 10.0. The van der Waals surface area contributed by atoms with E-state index in [9.17, 15) is 9.59 Å². The largest absolute Gasteiger partial charge is 0.454 e. The minimum atomic E-state index is -0.0687. The molecule has 0 atom stereocenters. The summed E-state index contributed by atoms with van der Waals surface area (Å²) >= 11 is 0. The highest BCUT2D eigenvalue weighted by molar-refractivity contribution is 6.11. The number of rotatable bonds is 7. The first kappa shape index (κ1) is 21.1. The first-order valence-corrected chi connectivity index (χ1v) is 11.5. The first-order valence-electron chi connectivity index (χ1n) is 11.5. The van der Waals surface area contributed by atoms with Crippen LogP contribution in [-0.2, 0) is 12.8 Å². The highest BCUT2D eigenvalue weighted by atomic mass is 16.7. The number of nitrogens with zero attached hydrogens (tertiary/aromatic N) is 1. The standard InChI is InChI=1S/C29H21NO5/c31-24(10-6-18-7-11-27-28(14-18)34-17-33-27)26-13-12-25(35-26)23-15-20-8-9-21(16-22(20)30-23)29(32)19-4-2-1-3-5-19/h1-5,7-9,11-14,16H,6,10,15,17H2. The predicted molar refractivity (Wildman–Crippen MR) is 130 cm³/mol. The Labute approximate surface area is 201 Å². The topological polar surface area (TPSA) is 78.1 Å². The molecule has 0 saturated carbocycles. The van der Waals surface area contributed by atoms with E-state index in [4.69, 9.17) is 18.9 Å². The molecule has 0 fully saturated rings. The Morgan fingerprint density at radius 2 is 1.69 bits per heavy atom. The van der Waals surface area contributed by atoms with E-state index in [0.29, 0.717) is 47.7 Å². The lowest BCUT2D eigenvalue weighted by Gasteiger charge is -2.03. The van der Waals surface area contributed by atoms with Gasteiger partial charge in [0.15, 0.2) is 28.8 Å². The van der Waals surface area contributed by atoms with Gasteiger partial charge in [-0.1, -0.05) is 48.5 Å². The van der Waals surface area contributed by atoms with Crippen LogP contribution in [0.15, 0.2) is 88.3 Å². The normalized spacial score (nSPS) is 13.4. The van der Waals surface area contributed by atoms with Crippen molar-refractivity contribution >= 4 is 23.0 Å². The molecule has 35 heavy (non-hydrogen) atoms. The van der Waals surface area contributed by atoms with Crippen molar-refractivity contribution in [1.29, 1.82) is 0 Å². The van der Waals surface area contributed by atoms with Gasteiger partial charge in [0.25, 0.3) is 0 Å². The van der Waals surface area contributed by atoms with Gasteiger partial charge < -0.3 is 13.9 Å². The SMILES string of the molecule is O=C(c1ccccc1)c1ccc2c(c1)N=C(c1ccc(C(=O)CCc3ccc4c(c3)OCO4)o1)C2. The van der Waals surface area contributed by atoms with E-state index in [1.165, 1.54) is 0 Å². The fourth-order valence-corrected chi connectivity index (χ4v) is 4.34. The Bertz CT molecular complexity index is 1480. The Morgan fingerprint density at radius 1 is 0.829 bits per heavy atom. The fraction of sp³-hybridized carbons (Fsp3) is 0.138. The molecule has 172 valence electrons.